The minimum Gasteiger partial charge on any atom is -0.497 e. The van der Waals surface area contributed by atoms with Crippen LogP contribution in [0.25, 0.3) is 11.0 Å². The lowest BCUT2D eigenvalue weighted by molar-refractivity contribution is 0.0970. The standard InChI is InChI=1S/C24H18N2O4/c1-14-6-5-13-25-23(14)26-20(15-9-11-16(29-2)12-10-15)19-21(27)17-7-3-4-8-18(17)30-22(19)24(26)28/h3-13,20H,1-2H3. The quantitative estimate of drug-likeness (QED) is 0.516. The summed E-state index contributed by atoms with van der Waals surface area (Å²) in [5.74, 6) is 0.868. The predicted octanol–water partition coefficient (Wildman–Crippen LogP) is 4.25. The van der Waals surface area contributed by atoms with Crippen LogP contribution in [-0.2, 0) is 0 Å². The van der Waals surface area contributed by atoms with Gasteiger partial charge in [-0.3, -0.25) is 14.5 Å². The highest BCUT2D eigenvalue weighted by atomic mass is 16.5. The number of fused-ring (bicyclic) bond motifs is 2. The van der Waals surface area contributed by atoms with Crippen molar-refractivity contribution >= 4 is 22.7 Å². The van der Waals surface area contributed by atoms with E-state index < -0.39 is 6.04 Å². The number of amides is 1. The molecule has 0 saturated heterocycles. The van der Waals surface area contributed by atoms with Gasteiger partial charge < -0.3 is 9.15 Å². The third-order valence-electron chi connectivity index (χ3n) is 5.42. The van der Waals surface area contributed by atoms with Crippen molar-refractivity contribution in [3.63, 3.8) is 0 Å². The molecule has 1 atom stereocenters. The summed E-state index contributed by atoms with van der Waals surface area (Å²) in [6, 6.07) is 17.3. The molecule has 6 heteroatoms. The fraction of sp³-hybridized carbons (Fsp3) is 0.125. The van der Waals surface area contributed by atoms with Crippen molar-refractivity contribution in [1.82, 2.24) is 4.98 Å². The molecule has 0 radical (unpaired) electrons. The molecule has 4 aromatic rings. The van der Waals surface area contributed by atoms with Crippen molar-refractivity contribution in [1.29, 1.82) is 0 Å². The van der Waals surface area contributed by atoms with Gasteiger partial charge in [0.2, 0.25) is 5.76 Å². The molecule has 1 unspecified atom stereocenters. The molecule has 0 saturated carbocycles. The Labute approximate surface area is 172 Å². The average Bonchev–Trinajstić information content (AvgIpc) is 3.07. The van der Waals surface area contributed by atoms with E-state index in [-0.39, 0.29) is 17.1 Å². The molecule has 0 fully saturated rings. The first kappa shape index (κ1) is 18.1. The summed E-state index contributed by atoms with van der Waals surface area (Å²) >= 11 is 0. The number of anilines is 1. The monoisotopic (exact) mass is 398 g/mol. The molecule has 0 N–H and O–H groups in total. The molecule has 0 spiro atoms. The molecular formula is C24H18N2O4. The molecular weight excluding hydrogens is 380 g/mol. The van der Waals surface area contributed by atoms with Gasteiger partial charge in [0.1, 0.15) is 17.2 Å². The van der Waals surface area contributed by atoms with Crippen LogP contribution in [0.3, 0.4) is 0 Å². The van der Waals surface area contributed by atoms with E-state index in [2.05, 4.69) is 4.98 Å². The van der Waals surface area contributed by atoms with Crippen molar-refractivity contribution in [2.24, 2.45) is 0 Å². The number of aryl methyl sites for hydroxylation is 1. The first-order valence-electron chi connectivity index (χ1n) is 9.55. The maximum absolute atomic E-state index is 13.5. The molecule has 6 nitrogen and oxygen atoms in total. The zero-order chi connectivity index (χ0) is 20.8. The molecule has 1 amide bonds. The topological polar surface area (TPSA) is 72.6 Å². The fourth-order valence-corrected chi connectivity index (χ4v) is 3.97. The van der Waals surface area contributed by atoms with Crippen LogP contribution in [0.4, 0.5) is 5.82 Å². The number of methoxy groups -OCH3 is 1. The molecule has 5 rings (SSSR count). The van der Waals surface area contributed by atoms with E-state index in [0.29, 0.717) is 28.1 Å². The van der Waals surface area contributed by atoms with E-state index in [4.69, 9.17) is 9.15 Å². The van der Waals surface area contributed by atoms with Gasteiger partial charge in [-0.25, -0.2) is 4.98 Å². The summed E-state index contributed by atoms with van der Waals surface area (Å²) in [6.07, 6.45) is 1.63. The number of aromatic nitrogens is 1. The second-order valence-electron chi connectivity index (χ2n) is 7.16. The Morgan fingerprint density at radius 1 is 1.00 bits per heavy atom. The number of para-hydroxylation sites is 1. The Hall–Kier alpha value is -3.93. The number of rotatable bonds is 3. The number of carbonyl (C=O) groups excluding carboxylic acids is 1. The van der Waals surface area contributed by atoms with Gasteiger partial charge in [-0.2, -0.15) is 0 Å². The van der Waals surface area contributed by atoms with Crippen LogP contribution in [0.15, 0.2) is 76.1 Å². The fourth-order valence-electron chi connectivity index (χ4n) is 3.97. The normalized spacial score (nSPS) is 15.5. The predicted molar refractivity (Wildman–Crippen MR) is 113 cm³/mol. The molecule has 3 heterocycles. The minimum atomic E-state index is -0.645. The van der Waals surface area contributed by atoms with Gasteiger partial charge in [0, 0.05) is 6.20 Å². The highest BCUT2D eigenvalue weighted by molar-refractivity contribution is 6.10. The van der Waals surface area contributed by atoms with Crippen LogP contribution in [0, 0.1) is 6.92 Å². The van der Waals surface area contributed by atoms with Gasteiger partial charge in [0.15, 0.2) is 5.43 Å². The molecule has 0 bridgehead atoms. The van der Waals surface area contributed by atoms with E-state index in [1.165, 1.54) is 0 Å². The first-order valence-corrected chi connectivity index (χ1v) is 9.55. The Bertz CT molecular complexity index is 1340. The van der Waals surface area contributed by atoms with E-state index >= 15 is 0 Å². The van der Waals surface area contributed by atoms with Crippen LogP contribution in [0.2, 0.25) is 0 Å². The number of hydrogen-bond acceptors (Lipinski definition) is 5. The Balaban J connectivity index is 1.81. The zero-order valence-corrected chi connectivity index (χ0v) is 16.5. The summed E-state index contributed by atoms with van der Waals surface area (Å²) in [6.45, 7) is 1.88. The van der Waals surface area contributed by atoms with Crippen LogP contribution in [-0.4, -0.2) is 18.0 Å². The maximum atomic E-state index is 13.5. The van der Waals surface area contributed by atoms with Crippen molar-refractivity contribution in [3.05, 3.63) is 99.5 Å². The Morgan fingerprint density at radius 2 is 1.77 bits per heavy atom. The molecule has 148 valence electrons. The zero-order valence-electron chi connectivity index (χ0n) is 16.5. The average molecular weight is 398 g/mol. The van der Waals surface area contributed by atoms with Crippen LogP contribution >= 0.6 is 0 Å². The van der Waals surface area contributed by atoms with E-state index in [1.807, 2.05) is 43.3 Å². The van der Waals surface area contributed by atoms with Crippen LogP contribution in [0.5, 0.6) is 5.75 Å². The number of hydrogen-bond donors (Lipinski definition) is 0. The van der Waals surface area contributed by atoms with Crippen molar-refractivity contribution < 1.29 is 13.9 Å². The molecule has 2 aromatic carbocycles. The second-order valence-corrected chi connectivity index (χ2v) is 7.16. The molecule has 2 aromatic heterocycles. The lowest BCUT2D eigenvalue weighted by atomic mass is 9.98. The van der Waals surface area contributed by atoms with E-state index in [9.17, 15) is 9.59 Å². The van der Waals surface area contributed by atoms with Gasteiger partial charge in [0.25, 0.3) is 5.91 Å². The third kappa shape index (κ3) is 2.61. The summed E-state index contributed by atoms with van der Waals surface area (Å²) < 4.78 is 11.2. The SMILES string of the molecule is COc1ccc(C2c3c(oc4ccccc4c3=O)C(=O)N2c2ncccc2C)cc1. The van der Waals surface area contributed by atoms with Crippen LogP contribution in [0.1, 0.15) is 33.3 Å². The molecule has 30 heavy (non-hydrogen) atoms. The molecule has 0 aliphatic carbocycles. The smallest absolute Gasteiger partial charge is 0.296 e. The van der Waals surface area contributed by atoms with E-state index in [1.54, 1.807) is 42.5 Å². The minimum absolute atomic E-state index is 0.0598. The summed E-state index contributed by atoms with van der Waals surface area (Å²) in [7, 11) is 1.59. The number of carbonyl (C=O) groups is 1. The highest BCUT2D eigenvalue weighted by Crippen LogP contribution is 2.41. The third-order valence-corrected chi connectivity index (χ3v) is 5.42. The largest absolute Gasteiger partial charge is 0.497 e. The van der Waals surface area contributed by atoms with Gasteiger partial charge in [0.05, 0.1) is 24.1 Å². The lowest BCUT2D eigenvalue weighted by Crippen LogP contribution is -2.30. The summed E-state index contributed by atoms with van der Waals surface area (Å²) in [4.78, 5) is 32.9. The number of benzene rings is 2. The van der Waals surface area contributed by atoms with Crippen molar-refractivity contribution in [2.45, 2.75) is 13.0 Å². The number of pyridine rings is 1. The second kappa shape index (κ2) is 6.84. The van der Waals surface area contributed by atoms with Gasteiger partial charge in [-0.1, -0.05) is 30.3 Å². The number of nitrogens with zero attached hydrogens (tertiary/aromatic N) is 2. The highest BCUT2D eigenvalue weighted by Gasteiger charge is 2.44. The lowest BCUT2D eigenvalue weighted by Gasteiger charge is -2.25. The Morgan fingerprint density at radius 3 is 2.50 bits per heavy atom. The van der Waals surface area contributed by atoms with Gasteiger partial charge in [-0.15, -0.1) is 0 Å². The van der Waals surface area contributed by atoms with Gasteiger partial charge in [-0.05, 0) is 48.4 Å². The van der Waals surface area contributed by atoms with Crippen molar-refractivity contribution in [3.8, 4) is 5.75 Å². The van der Waals surface area contributed by atoms with Crippen molar-refractivity contribution in [2.75, 3.05) is 12.0 Å². The van der Waals surface area contributed by atoms with E-state index in [0.717, 1.165) is 11.1 Å². The van der Waals surface area contributed by atoms with Crippen LogP contribution < -0.4 is 15.1 Å². The molecule has 1 aliphatic rings. The maximum Gasteiger partial charge on any atom is 0.296 e. The summed E-state index contributed by atoms with van der Waals surface area (Å²) in [5, 5.41) is 0.446. The molecule has 1 aliphatic heterocycles. The summed E-state index contributed by atoms with van der Waals surface area (Å²) in [5.41, 5.74) is 2.11. The van der Waals surface area contributed by atoms with Gasteiger partial charge >= 0.3 is 0 Å². The number of ether oxygens (including phenoxy) is 1. The first-order chi connectivity index (χ1) is 14.6. The Kier molecular flexibility index (Phi) is 4.13.